The lowest BCUT2D eigenvalue weighted by Gasteiger charge is -2.06. The van der Waals surface area contributed by atoms with Crippen molar-refractivity contribution in [3.05, 3.63) is 53.6 Å². The van der Waals surface area contributed by atoms with Gasteiger partial charge in [0.2, 0.25) is 0 Å². The number of carbonyl (C=O) groups excluding carboxylic acids is 1. The largest absolute Gasteiger partial charge is 0.504 e. The van der Waals surface area contributed by atoms with Crippen LogP contribution in [0.4, 0.5) is 0 Å². The Hall–Kier alpha value is -3.02. The average molecular weight is 342 g/mol. The molecule has 6 nitrogen and oxygen atoms in total. The molecule has 2 aromatic rings. The Kier molecular flexibility index (Phi) is 6.83. The first kappa shape index (κ1) is 18.3. The van der Waals surface area contributed by atoms with Crippen LogP contribution in [0, 0.1) is 0 Å². The topological polar surface area (TPSA) is 80.2 Å². The molecule has 25 heavy (non-hydrogen) atoms. The van der Waals surface area contributed by atoms with Crippen molar-refractivity contribution in [2.45, 2.75) is 19.8 Å². The molecular formula is C19H22N2O4. The first-order chi connectivity index (χ1) is 12.1. The Morgan fingerprint density at radius 2 is 2.00 bits per heavy atom. The molecule has 6 heteroatoms. The Bertz CT molecular complexity index is 727. The van der Waals surface area contributed by atoms with Gasteiger partial charge in [0.1, 0.15) is 5.75 Å². The molecule has 0 aliphatic carbocycles. The molecule has 132 valence electrons. The van der Waals surface area contributed by atoms with Gasteiger partial charge in [-0.3, -0.25) is 4.79 Å². The standard InChI is InChI=1S/C19H22N2O4/c1-3-4-14-5-8-16(9-6-14)25-13-19(23)21-20-12-15-7-10-17(22)18(11-15)24-2/h5-12,22H,3-4,13H2,1-2H3,(H,21,23)/b20-12-. The van der Waals surface area contributed by atoms with E-state index >= 15 is 0 Å². The number of hydrogen-bond acceptors (Lipinski definition) is 5. The second-order valence-corrected chi connectivity index (χ2v) is 5.41. The number of methoxy groups -OCH3 is 1. The number of aryl methyl sites for hydroxylation is 1. The lowest BCUT2D eigenvalue weighted by molar-refractivity contribution is -0.123. The maximum Gasteiger partial charge on any atom is 0.277 e. The van der Waals surface area contributed by atoms with E-state index in [0.717, 1.165) is 12.8 Å². The summed E-state index contributed by atoms with van der Waals surface area (Å²) in [6.07, 6.45) is 3.57. The second-order valence-electron chi connectivity index (χ2n) is 5.41. The van der Waals surface area contributed by atoms with E-state index in [1.54, 1.807) is 12.1 Å². The molecule has 0 saturated carbocycles. The molecule has 0 fully saturated rings. The summed E-state index contributed by atoms with van der Waals surface area (Å²) in [6.45, 7) is 2.01. The molecule has 2 rings (SSSR count). The zero-order chi connectivity index (χ0) is 18.1. The SMILES string of the molecule is CCCc1ccc(OCC(=O)N/N=C\c2ccc(O)c(OC)c2)cc1. The minimum Gasteiger partial charge on any atom is -0.504 e. The van der Waals surface area contributed by atoms with Crippen molar-refractivity contribution in [1.29, 1.82) is 0 Å². The van der Waals surface area contributed by atoms with Gasteiger partial charge in [-0.25, -0.2) is 5.43 Å². The predicted octanol–water partition coefficient (Wildman–Crippen LogP) is 2.88. The molecule has 0 saturated heterocycles. The van der Waals surface area contributed by atoms with Crippen molar-refractivity contribution in [2.75, 3.05) is 13.7 Å². The van der Waals surface area contributed by atoms with Crippen molar-refractivity contribution in [2.24, 2.45) is 5.10 Å². The molecule has 0 radical (unpaired) electrons. The van der Waals surface area contributed by atoms with Gasteiger partial charge < -0.3 is 14.6 Å². The van der Waals surface area contributed by atoms with Gasteiger partial charge >= 0.3 is 0 Å². The summed E-state index contributed by atoms with van der Waals surface area (Å²) < 4.78 is 10.4. The zero-order valence-electron chi connectivity index (χ0n) is 14.4. The van der Waals surface area contributed by atoms with E-state index in [4.69, 9.17) is 9.47 Å². The normalized spacial score (nSPS) is 10.6. The molecule has 2 aromatic carbocycles. The van der Waals surface area contributed by atoms with Gasteiger partial charge in [0.25, 0.3) is 5.91 Å². The number of carbonyl (C=O) groups is 1. The van der Waals surface area contributed by atoms with Crippen molar-refractivity contribution >= 4 is 12.1 Å². The van der Waals surface area contributed by atoms with Crippen LogP contribution in [0.5, 0.6) is 17.2 Å². The average Bonchev–Trinajstić information content (AvgIpc) is 2.63. The van der Waals surface area contributed by atoms with Crippen molar-refractivity contribution in [1.82, 2.24) is 5.43 Å². The lowest BCUT2D eigenvalue weighted by Crippen LogP contribution is -2.24. The Balaban J connectivity index is 1.80. The summed E-state index contributed by atoms with van der Waals surface area (Å²) in [7, 11) is 1.46. The smallest absolute Gasteiger partial charge is 0.277 e. The van der Waals surface area contributed by atoms with Crippen LogP contribution in [0.3, 0.4) is 0 Å². The maximum absolute atomic E-state index is 11.7. The molecule has 0 unspecified atom stereocenters. The minimum absolute atomic E-state index is 0.0436. The van der Waals surface area contributed by atoms with Crippen molar-refractivity contribution < 1.29 is 19.4 Å². The third kappa shape index (κ3) is 5.84. The van der Waals surface area contributed by atoms with Crippen molar-refractivity contribution in [3.8, 4) is 17.2 Å². The molecule has 0 bridgehead atoms. The molecule has 0 aliphatic heterocycles. The zero-order valence-corrected chi connectivity index (χ0v) is 14.4. The Labute approximate surface area is 147 Å². The van der Waals surface area contributed by atoms with Crippen LogP contribution >= 0.6 is 0 Å². The number of phenols is 1. The third-order valence-electron chi connectivity index (χ3n) is 3.44. The van der Waals surface area contributed by atoms with Gasteiger partial charge in [0, 0.05) is 0 Å². The van der Waals surface area contributed by atoms with E-state index in [1.807, 2.05) is 24.3 Å². The van der Waals surface area contributed by atoms with Crippen LogP contribution in [0.1, 0.15) is 24.5 Å². The fourth-order valence-corrected chi connectivity index (χ4v) is 2.18. The van der Waals surface area contributed by atoms with Crippen LogP contribution in [0.25, 0.3) is 0 Å². The molecule has 0 aromatic heterocycles. The van der Waals surface area contributed by atoms with E-state index < -0.39 is 0 Å². The monoisotopic (exact) mass is 342 g/mol. The summed E-state index contributed by atoms with van der Waals surface area (Å²) >= 11 is 0. The van der Waals surface area contributed by atoms with Gasteiger partial charge in [-0.2, -0.15) is 5.10 Å². The van der Waals surface area contributed by atoms with E-state index in [2.05, 4.69) is 17.5 Å². The summed E-state index contributed by atoms with van der Waals surface area (Å²) in [5, 5.41) is 13.4. The molecular weight excluding hydrogens is 320 g/mol. The quantitative estimate of drug-likeness (QED) is 0.571. The second kappa shape index (κ2) is 9.32. The highest BCUT2D eigenvalue weighted by Gasteiger charge is 2.03. The van der Waals surface area contributed by atoms with Gasteiger partial charge in [0.05, 0.1) is 13.3 Å². The minimum atomic E-state index is -0.361. The highest BCUT2D eigenvalue weighted by Crippen LogP contribution is 2.25. The van der Waals surface area contributed by atoms with Crippen LogP contribution < -0.4 is 14.9 Å². The fraction of sp³-hybridized carbons (Fsp3) is 0.263. The summed E-state index contributed by atoms with van der Waals surface area (Å²) in [5.74, 6) is 0.661. The first-order valence-corrected chi connectivity index (χ1v) is 8.03. The Morgan fingerprint density at radius 1 is 1.24 bits per heavy atom. The molecule has 0 spiro atoms. The third-order valence-corrected chi connectivity index (χ3v) is 3.44. The number of nitrogens with one attached hydrogen (secondary N) is 1. The molecule has 2 N–H and O–H groups in total. The van der Waals surface area contributed by atoms with E-state index in [1.165, 1.54) is 25.0 Å². The Morgan fingerprint density at radius 3 is 2.68 bits per heavy atom. The highest BCUT2D eigenvalue weighted by molar-refractivity contribution is 5.83. The number of rotatable bonds is 8. The number of amides is 1. The van der Waals surface area contributed by atoms with E-state index in [9.17, 15) is 9.90 Å². The van der Waals surface area contributed by atoms with E-state index in [0.29, 0.717) is 17.1 Å². The number of benzene rings is 2. The summed E-state index contributed by atoms with van der Waals surface area (Å²) in [4.78, 5) is 11.7. The predicted molar refractivity (Wildman–Crippen MR) is 96.3 cm³/mol. The van der Waals surface area contributed by atoms with Crippen LogP contribution in [0.2, 0.25) is 0 Å². The number of hydrazone groups is 1. The van der Waals surface area contributed by atoms with Gasteiger partial charge in [-0.15, -0.1) is 0 Å². The van der Waals surface area contributed by atoms with Gasteiger partial charge in [-0.05, 0) is 47.9 Å². The molecule has 0 heterocycles. The first-order valence-electron chi connectivity index (χ1n) is 8.03. The van der Waals surface area contributed by atoms with Crippen LogP contribution in [-0.2, 0) is 11.2 Å². The van der Waals surface area contributed by atoms with Crippen molar-refractivity contribution in [3.63, 3.8) is 0 Å². The van der Waals surface area contributed by atoms with Crippen LogP contribution in [0.15, 0.2) is 47.6 Å². The maximum atomic E-state index is 11.7. The number of ether oxygens (including phenoxy) is 2. The number of nitrogens with zero attached hydrogens (tertiary/aromatic N) is 1. The number of phenolic OH excluding ortho intramolecular Hbond substituents is 1. The number of hydrogen-bond donors (Lipinski definition) is 2. The van der Waals surface area contributed by atoms with E-state index in [-0.39, 0.29) is 18.3 Å². The number of aromatic hydroxyl groups is 1. The summed E-state index contributed by atoms with van der Waals surface area (Å²) in [5.41, 5.74) is 4.31. The molecule has 1 amide bonds. The summed E-state index contributed by atoms with van der Waals surface area (Å²) in [6, 6.07) is 12.4. The fourth-order valence-electron chi connectivity index (χ4n) is 2.18. The highest BCUT2D eigenvalue weighted by atomic mass is 16.5. The van der Waals surface area contributed by atoms with Gasteiger partial charge in [0.15, 0.2) is 18.1 Å². The van der Waals surface area contributed by atoms with Gasteiger partial charge in [-0.1, -0.05) is 25.5 Å². The molecule has 0 aliphatic rings. The van der Waals surface area contributed by atoms with Crippen LogP contribution in [-0.4, -0.2) is 30.9 Å². The lowest BCUT2D eigenvalue weighted by atomic mass is 10.1. The molecule has 0 atom stereocenters.